The number of β-amino-alcohol motifs (C(OH)–C–C–N with tert-alkyl or cyclic N) is 1. The number of nitrogens with zero attached hydrogens (tertiary/aromatic N) is 6. The quantitative estimate of drug-likeness (QED) is 0.644. The van der Waals surface area contributed by atoms with Gasteiger partial charge in [0, 0.05) is 70.4 Å². The molecule has 5 rings (SSSR count). The van der Waals surface area contributed by atoms with Crippen molar-refractivity contribution in [3.8, 4) is 0 Å². The predicted octanol–water partition coefficient (Wildman–Crippen LogP) is 2.08. The van der Waals surface area contributed by atoms with E-state index in [0.717, 1.165) is 64.6 Å². The average Bonchev–Trinajstić information content (AvgIpc) is 3.33. The zero-order valence-electron chi connectivity index (χ0n) is 18.5. The van der Waals surface area contributed by atoms with Gasteiger partial charge in [-0.05, 0) is 35.7 Å². The third-order valence-electron chi connectivity index (χ3n) is 6.69. The molecule has 1 aromatic carbocycles. The largest absolute Gasteiger partial charge is 0.390 e. The molecule has 0 amide bonds. The van der Waals surface area contributed by atoms with E-state index in [2.05, 4.69) is 55.1 Å². The van der Waals surface area contributed by atoms with Gasteiger partial charge in [-0.2, -0.15) is 5.10 Å². The van der Waals surface area contributed by atoms with E-state index in [9.17, 15) is 5.11 Å². The molecule has 32 heavy (non-hydrogen) atoms. The SMILES string of the molecule is O[C@@H]1CN(Cc2cccc(Cn3cccn3)c2)CC[C@H]1N1CCN(c2ccccn2)CC1. The second kappa shape index (κ2) is 9.81. The number of aromatic nitrogens is 3. The summed E-state index contributed by atoms with van der Waals surface area (Å²) in [5.74, 6) is 1.05. The van der Waals surface area contributed by atoms with Gasteiger partial charge in [-0.3, -0.25) is 14.5 Å². The predicted molar refractivity (Wildman–Crippen MR) is 125 cm³/mol. The van der Waals surface area contributed by atoms with Crippen molar-refractivity contribution in [1.82, 2.24) is 24.6 Å². The van der Waals surface area contributed by atoms with Crippen LogP contribution < -0.4 is 4.90 Å². The Morgan fingerprint density at radius 1 is 0.875 bits per heavy atom. The number of aliphatic hydroxyl groups is 1. The van der Waals surface area contributed by atoms with E-state index in [1.54, 1.807) is 0 Å². The van der Waals surface area contributed by atoms with Crippen molar-refractivity contribution in [2.75, 3.05) is 44.2 Å². The Morgan fingerprint density at radius 2 is 1.72 bits per heavy atom. The van der Waals surface area contributed by atoms with Crippen molar-refractivity contribution in [2.24, 2.45) is 0 Å². The number of pyridine rings is 1. The summed E-state index contributed by atoms with van der Waals surface area (Å²) in [5.41, 5.74) is 2.55. The van der Waals surface area contributed by atoms with Crippen LogP contribution in [0.25, 0.3) is 0 Å². The van der Waals surface area contributed by atoms with Gasteiger partial charge < -0.3 is 10.0 Å². The van der Waals surface area contributed by atoms with Gasteiger partial charge >= 0.3 is 0 Å². The number of aliphatic hydroxyl groups excluding tert-OH is 1. The summed E-state index contributed by atoms with van der Waals surface area (Å²) in [5, 5.41) is 15.3. The van der Waals surface area contributed by atoms with Gasteiger partial charge in [0.1, 0.15) is 5.82 Å². The first-order chi connectivity index (χ1) is 15.7. The van der Waals surface area contributed by atoms with Crippen LogP contribution in [0, 0.1) is 0 Å². The van der Waals surface area contributed by atoms with E-state index >= 15 is 0 Å². The maximum atomic E-state index is 11.0. The summed E-state index contributed by atoms with van der Waals surface area (Å²) >= 11 is 0. The van der Waals surface area contributed by atoms with Gasteiger partial charge in [0.05, 0.1) is 12.6 Å². The maximum Gasteiger partial charge on any atom is 0.128 e. The topological polar surface area (TPSA) is 60.7 Å². The first kappa shape index (κ1) is 21.1. The van der Waals surface area contributed by atoms with E-state index in [0.29, 0.717) is 0 Å². The molecular weight excluding hydrogens is 400 g/mol. The Bertz CT molecular complexity index is 971. The molecule has 2 atom stereocenters. The molecule has 2 fully saturated rings. The van der Waals surface area contributed by atoms with E-state index in [1.807, 2.05) is 41.5 Å². The van der Waals surface area contributed by atoms with Gasteiger partial charge in [-0.25, -0.2) is 4.98 Å². The molecule has 7 nitrogen and oxygen atoms in total. The van der Waals surface area contributed by atoms with Gasteiger partial charge in [-0.1, -0.05) is 30.3 Å². The lowest BCUT2D eigenvalue weighted by Gasteiger charge is -2.45. The number of likely N-dealkylation sites (tertiary alicyclic amines) is 1. The normalized spacial score (nSPS) is 22.8. The van der Waals surface area contributed by atoms with Crippen LogP contribution in [0.1, 0.15) is 17.5 Å². The summed E-state index contributed by atoms with van der Waals surface area (Å²) in [4.78, 5) is 11.7. The Kier molecular flexibility index (Phi) is 6.48. The molecule has 0 saturated carbocycles. The lowest BCUT2D eigenvalue weighted by molar-refractivity contribution is -0.0172. The highest BCUT2D eigenvalue weighted by atomic mass is 16.3. The molecule has 0 bridgehead atoms. The molecule has 2 aliphatic heterocycles. The highest BCUT2D eigenvalue weighted by Gasteiger charge is 2.33. The van der Waals surface area contributed by atoms with Crippen molar-refractivity contribution in [1.29, 1.82) is 0 Å². The number of piperazine rings is 1. The summed E-state index contributed by atoms with van der Waals surface area (Å²) in [7, 11) is 0. The fraction of sp³-hybridized carbons (Fsp3) is 0.440. The van der Waals surface area contributed by atoms with Gasteiger partial charge in [0.2, 0.25) is 0 Å². The summed E-state index contributed by atoms with van der Waals surface area (Å²) < 4.78 is 1.95. The number of anilines is 1. The summed E-state index contributed by atoms with van der Waals surface area (Å²) in [6.45, 7) is 7.31. The highest BCUT2D eigenvalue weighted by Crippen LogP contribution is 2.22. The number of benzene rings is 1. The standard InChI is InChI=1S/C25H32N6O/c32-24-20-28(18-21-5-3-6-22(17-21)19-31-11-4-10-27-31)12-8-23(24)29-13-15-30(16-14-29)25-7-1-2-9-26-25/h1-7,9-11,17,23-24,32H,8,12-16,18-20H2/t23-,24-/m1/s1. The van der Waals surface area contributed by atoms with E-state index < -0.39 is 0 Å². The van der Waals surface area contributed by atoms with Crippen molar-refractivity contribution in [2.45, 2.75) is 31.7 Å². The second-order valence-electron chi connectivity index (χ2n) is 8.89. The Hall–Kier alpha value is -2.74. The van der Waals surface area contributed by atoms with E-state index in [4.69, 9.17) is 0 Å². The Balaban J connectivity index is 1.13. The minimum atomic E-state index is -0.308. The van der Waals surface area contributed by atoms with E-state index in [1.165, 1.54) is 11.1 Å². The molecule has 2 saturated heterocycles. The zero-order valence-corrected chi connectivity index (χ0v) is 18.5. The van der Waals surface area contributed by atoms with E-state index in [-0.39, 0.29) is 12.1 Å². The Labute approximate surface area is 189 Å². The molecule has 0 radical (unpaired) electrons. The Morgan fingerprint density at radius 3 is 2.44 bits per heavy atom. The monoisotopic (exact) mass is 432 g/mol. The summed E-state index contributed by atoms with van der Waals surface area (Å²) in [6.07, 6.45) is 6.36. The smallest absolute Gasteiger partial charge is 0.128 e. The molecule has 7 heteroatoms. The van der Waals surface area contributed by atoms with Crippen molar-refractivity contribution in [3.63, 3.8) is 0 Å². The molecule has 2 aromatic heterocycles. The number of piperidine rings is 1. The minimum absolute atomic E-state index is 0.253. The van der Waals surface area contributed by atoms with Gasteiger partial charge in [0.25, 0.3) is 0 Å². The molecule has 3 aromatic rings. The van der Waals surface area contributed by atoms with Crippen molar-refractivity contribution < 1.29 is 5.11 Å². The minimum Gasteiger partial charge on any atom is -0.390 e. The van der Waals surface area contributed by atoms with Crippen LogP contribution in [-0.4, -0.2) is 81.1 Å². The fourth-order valence-corrected chi connectivity index (χ4v) is 5.04. The molecule has 0 unspecified atom stereocenters. The van der Waals surface area contributed by atoms with Crippen LogP contribution in [-0.2, 0) is 13.1 Å². The molecule has 0 spiro atoms. The average molecular weight is 433 g/mol. The fourth-order valence-electron chi connectivity index (χ4n) is 5.04. The number of hydrogen-bond acceptors (Lipinski definition) is 6. The molecular formula is C25H32N6O. The molecule has 1 N–H and O–H groups in total. The highest BCUT2D eigenvalue weighted by molar-refractivity contribution is 5.38. The van der Waals surface area contributed by atoms with Crippen LogP contribution in [0.15, 0.2) is 67.1 Å². The molecule has 0 aliphatic carbocycles. The van der Waals surface area contributed by atoms with Crippen molar-refractivity contribution >= 4 is 5.82 Å². The van der Waals surface area contributed by atoms with Crippen LogP contribution in [0.5, 0.6) is 0 Å². The third kappa shape index (κ3) is 5.01. The molecule has 168 valence electrons. The maximum absolute atomic E-state index is 11.0. The van der Waals surface area contributed by atoms with Gasteiger partial charge in [0.15, 0.2) is 0 Å². The second-order valence-corrected chi connectivity index (χ2v) is 8.89. The van der Waals surface area contributed by atoms with Crippen molar-refractivity contribution in [3.05, 3.63) is 78.2 Å². The zero-order chi connectivity index (χ0) is 21.8. The first-order valence-electron chi connectivity index (χ1n) is 11.6. The van der Waals surface area contributed by atoms with Crippen LogP contribution in [0.3, 0.4) is 0 Å². The van der Waals surface area contributed by atoms with Crippen LogP contribution >= 0.6 is 0 Å². The molecule has 2 aliphatic rings. The number of rotatable bonds is 6. The summed E-state index contributed by atoms with van der Waals surface area (Å²) in [6, 6.07) is 17.0. The lowest BCUT2D eigenvalue weighted by Crippen LogP contribution is -2.58. The first-order valence-corrected chi connectivity index (χ1v) is 11.6. The third-order valence-corrected chi connectivity index (χ3v) is 6.69. The van der Waals surface area contributed by atoms with Crippen LogP contribution in [0.2, 0.25) is 0 Å². The number of hydrogen-bond donors (Lipinski definition) is 1. The lowest BCUT2D eigenvalue weighted by atomic mass is 9.98. The molecule has 4 heterocycles. The van der Waals surface area contributed by atoms with Crippen LogP contribution in [0.4, 0.5) is 5.82 Å². The van der Waals surface area contributed by atoms with Gasteiger partial charge in [-0.15, -0.1) is 0 Å².